The van der Waals surface area contributed by atoms with Crippen LogP contribution in [0, 0.1) is 5.92 Å². The van der Waals surface area contributed by atoms with Crippen LogP contribution in [0.15, 0.2) is 22.7 Å². The molecule has 0 bridgehead atoms. The molecule has 0 unspecified atom stereocenters. The number of halogens is 1. The number of piperidine rings is 1. The van der Waals surface area contributed by atoms with Crippen molar-refractivity contribution in [2.24, 2.45) is 5.92 Å². The molecule has 1 saturated heterocycles. The van der Waals surface area contributed by atoms with Crippen molar-refractivity contribution in [2.45, 2.75) is 19.3 Å². The highest BCUT2D eigenvalue weighted by molar-refractivity contribution is 9.10. The van der Waals surface area contributed by atoms with E-state index in [0.29, 0.717) is 11.5 Å². The van der Waals surface area contributed by atoms with Crippen molar-refractivity contribution in [3.8, 4) is 0 Å². The van der Waals surface area contributed by atoms with Crippen LogP contribution in [0.25, 0.3) is 0 Å². The Morgan fingerprint density at radius 3 is 2.76 bits per heavy atom. The molecule has 3 nitrogen and oxygen atoms in total. The largest absolute Gasteiger partial charge is 0.478 e. The topological polar surface area (TPSA) is 49.3 Å². The molecule has 0 amide bonds. The molecule has 4 heteroatoms. The lowest BCUT2D eigenvalue weighted by Crippen LogP contribution is -2.29. The highest BCUT2D eigenvalue weighted by Gasteiger charge is 2.17. The second kappa shape index (κ2) is 5.65. The number of aromatic carboxylic acids is 1. The average Bonchev–Trinajstić information content (AvgIpc) is 2.32. The SMILES string of the molecule is O=C(O)c1cc(Br)ccc1CC1CCNCC1. The van der Waals surface area contributed by atoms with Crippen LogP contribution in [-0.2, 0) is 6.42 Å². The van der Waals surface area contributed by atoms with Crippen LogP contribution in [-0.4, -0.2) is 24.2 Å². The van der Waals surface area contributed by atoms with E-state index < -0.39 is 5.97 Å². The number of carboxylic acids is 1. The fourth-order valence-corrected chi connectivity index (χ4v) is 2.68. The van der Waals surface area contributed by atoms with Gasteiger partial charge >= 0.3 is 5.97 Å². The molecule has 17 heavy (non-hydrogen) atoms. The van der Waals surface area contributed by atoms with Gasteiger partial charge in [-0.25, -0.2) is 4.79 Å². The molecule has 2 N–H and O–H groups in total. The Morgan fingerprint density at radius 2 is 2.12 bits per heavy atom. The van der Waals surface area contributed by atoms with E-state index in [1.165, 1.54) is 0 Å². The maximum absolute atomic E-state index is 11.2. The van der Waals surface area contributed by atoms with Gasteiger partial charge in [0.1, 0.15) is 0 Å². The lowest BCUT2D eigenvalue weighted by molar-refractivity contribution is 0.0695. The third-order valence-electron chi connectivity index (χ3n) is 3.27. The molecule has 1 aliphatic rings. The number of rotatable bonds is 3. The van der Waals surface area contributed by atoms with Crippen molar-refractivity contribution in [1.82, 2.24) is 5.32 Å². The molecule has 1 heterocycles. The van der Waals surface area contributed by atoms with Crippen LogP contribution < -0.4 is 5.32 Å². The van der Waals surface area contributed by atoms with Crippen molar-refractivity contribution in [3.05, 3.63) is 33.8 Å². The molecule has 92 valence electrons. The van der Waals surface area contributed by atoms with E-state index >= 15 is 0 Å². The molecule has 1 aromatic rings. The minimum absolute atomic E-state index is 0.429. The van der Waals surface area contributed by atoms with Crippen molar-refractivity contribution < 1.29 is 9.90 Å². The van der Waals surface area contributed by atoms with E-state index in [-0.39, 0.29) is 0 Å². The summed E-state index contributed by atoms with van der Waals surface area (Å²) in [4.78, 5) is 11.2. The smallest absolute Gasteiger partial charge is 0.336 e. The summed E-state index contributed by atoms with van der Waals surface area (Å²) < 4.78 is 0.823. The van der Waals surface area contributed by atoms with E-state index in [2.05, 4.69) is 21.2 Å². The third-order valence-corrected chi connectivity index (χ3v) is 3.76. The Bertz CT molecular complexity index is 414. The summed E-state index contributed by atoms with van der Waals surface area (Å²) in [5, 5.41) is 12.5. The summed E-state index contributed by atoms with van der Waals surface area (Å²) in [6, 6.07) is 5.54. The van der Waals surface area contributed by atoms with E-state index in [9.17, 15) is 9.90 Å². The zero-order valence-corrected chi connectivity index (χ0v) is 11.2. The van der Waals surface area contributed by atoms with Gasteiger partial charge in [-0.15, -0.1) is 0 Å². The standard InChI is InChI=1S/C13H16BrNO2/c14-11-2-1-10(12(8-11)13(16)17)7-9-3-5-15-6-4-9/h1-2,8-9,15H,3-7H2,(H,16,17). The van der Waals surface area contributed by atoms with Crippen molar-refractivity contribution >= 4 is 21.9 Å². The maximum atomic E-state index is 11.2. The summed E-state index contributed by atoms with van der Waals surface area (Å²) in [6.45, 7) is 2.09. The molecule has 0 saturated carbocycles. The number of hydrogen-bond acceptors (Lipinski definition) is 2. The Kier molecular flexibility index (Phi) is 4.18. The summed E-state index contributed by atoms with van der Waals surface area (Å²) in [7, 11) is 0. The number of carboxylic acid groups (broad SMARTS) is 1. The molecule has 1 aliphatic heterocycles. The Hall–Kier alpha value is -0.870. The van der Waals surface area contributed by atoms with Crippen LogP contribution in [0.1, 0.15) is 28.8 Å². The van der Waals surface area contributed by atoms with Crippen molar-refractivity contribution in [3.63, 3.8) is 0 Å². The zero-order valence-electron chi connectivity index (χ0n) is 9.58. The average molecular weight is 298 g/mol. The molecule has 0 aliphatic carbocycles. The molecule has 0 radical (unpaired) electrons. The first-order valence-electron chi connectivity index (χ1n) is 5.89. The van der Waals surface area contributed by atoms with E-state index in [0.717, 1.165) is 42.4 Å². The molecule has 1 fully saturated rings. The Labute approximate surface area is 109 Å². The van der Waals surface area contributed by atoms with E-state index in [1.54, 1.807) is 6.07 Å². The number of nitrogens with one attached hydrogen (secondary N) is 1. The van der Waals surface area contributed by atoms with Crippen LogP contribution in [0.5, 0.6) is 0 Å². The molecule has 1 aromatic carbocycles. The summed E-state index contributed by atoms with van der Waals surface area (Å²) in [5.41, 5.74) is 1.38. The molecule has 2 rings (SSSR count). The van der Waals surface area contributed by atoms with Gasteiger partial charge in [-0.3, -0.25) is 0 Å². The van der Waals surface area contributed by atoms with Gasteiger partial charge in [0, 0.05) is 4.47 Å². The molecule has 0 spiro atoms. The van der Waals surface area contributed by atoms with Crippen LogP contribution in [0.3, 0.4) is 0 Å². The van der Waals surface area contributed by atoms with Crippen LogP contribution >= 0.6 is 15.9 Å². The number of carbonyl (C=O) groups is 1. The van der Waals surface area contributed by atoms with Gasteiger partial charge in [0.25, 0.3) is 0 Å². The normalized spacial score (nSPS) is 17.0. The molecule has 0 atom stereocenters. The monoisotopic (exact) mass is 297 g/mol. The lowest BCUT2D eigenvalue weighted by atomic mass is 9.89. The molecular formula is C13H16BrNO2. The van der Waals surface area contributed by atoms with Gasteiger partial charge in [0.05, 0.1) is 5.56 Å². The Balaban J connectivity index is 2.16. The second-order valence-electron chi connectivity index (χ2n) is 4.50. The van der Waals surface area contributed by atoms with Gasteiger partial charge in [0.2, 0.25) is 0 Å². The molecule has 0 aromatic heterocycles. The van der Waals surface area contributed by atoms with E-state index in [4.69, 9.17) is 0 Å². The quantitative estimate of drug-likeness (QED) is 0.902. The van der Waals surface area contributed by atoms with E-state index in [1.807, 2.05) is 12.1 Å². The summed E-state index contributed by atoms with van der Waals surface area (Å²) in [5.74, 6) is -0.231. The predicted molar refractivity (Wildman–Crippen MR) is 70.4 cm³/mol. The molecular weight excluding hydrogens is 282 g/mol. The predicted octanol–water partition coefficient (Wildman–Crippen LogP) is 2.69. The van der Waals surface area contributed by atoms with Gasteiger partial charge in [-0.1, -0.05) is 22.0 Å². The first-order valence-corrected chi connectivity index (χ1v) is 6.68. The minimum Gasteiger partial charge on any atom is -0.478 e. The lowest BCUT2D eigenvalue weighted by Gasteiger charge is -2.23. The Morgan fingerprint density at radius 1 is 1.41 bits per heavy atom. The fourth-order valence-electron chi connectivity index (χ4n) is 2.32. The first kappa shape index (κ1) is 12.6. The van der Waals surface area contributed by atoms with Gasteiger partial charge in [-0.05, 0) is 56.0 Å². The number of hydrogen-bond donors (Lipinski definition) is 2. The number of benzene rings is 1. The highest BCUT2D eigenvalue weighted by Crippen LogP contribution is 2.23. The zero-order chi connectivity index (χ0) is 12.3. The highest BCUT2D eigenvalue weighted by atomic mass is 79.9. The van der Waals surface area contributed by atoms with Crippen molar-refractivity contribution in [1.29, 1.82) is 0 Å². The van der Waals surface area contributed by atoms with Gasteiger partial charge < -0.3 is 10.4 Å². The second-order valence-corrected chi connectivity index (χ2v) is 5.42. The van der Waals surface area contributed by atoms with Crippen LogP contribution in [0.4, 0.5) is 0 Å². The van der Waals surface area contributed by atoms with Crippen molar-refractivity contribution in [2.75, 3.05) is 13.1 Å². The first-order chi connectivity index (χ1) is 8.16. The minimum atomic E-state index is -0.838. The maximum Gasteiger partial charge on any atom is 0.336 e. The third kappa shape index (κ3) is 3.30. The summed E-state index contributed by atoms with van der Waals surface area (Å²) in [6.07, 6.45) is 3.14. The fraction of sp³-hybridized carbons (Fsp3) is 0.462. The van der Waals surface area contributed by atoms with Crippen LogP contribution in [0.2, 0.25) is 0 Å². The van der Waals surface area contributed by atoms with Gasteiger partial charge in [0.15, 0.2) is 0 Å². The summed E-state index contributed by atoms with van der Waals surface area (Å²) >= 11 is 3.32. The van der Waals surface area contributed by atoms with Gasteiger partial charge in [-0.2, -0.15) is 0 Å².